The largest absolute Gasteiger partial charge is 0.573 e. The number of urea groups is 1. The van der Waals surface area contributed by atoms with Crippen LogP contribution in [0, 0.1) is 6.92 Å². The molecule has 3 rings (SSSR count). The molecule has 1 fully saturated rings. The third-order valence-electron chi connectivity index (χ3n) is 3.63. The summed E-state index contributed by atoms with van der Waals surface area (Å²) in [4.78, 5) is 18.0. The summed E-state index contributed by atoms with van der Waals surface area (Å²) in [6.45, 7) is 2.75. The maximum atomic E-state index is 12.2. The van der Waals surface area contributed by atoms with Crippen LogP contribution in [-0.2, 0) is 0 Å². The summed E-state index contributed by atoms with van der Waals surface area (Å²) in [7, 11) is 0. The van der Waals surface area contributed by atoms with E-state index in [4.69, 9.17) is 4.74 Å². The summed E-state index contributed by atoms with van der Waals surface area (Å²) in [6.07, 6.45) is -4.32. The number of hydrogen-bond donors (Lipinski definition) is 1. The topological polar surface area (TPSA) is 63.7 Å². The van der Waals surface area contributed by atoms with Gasteiger partial charge in [-0.15, -0.1) is 24.5 Å². The SMILES string of the molecule is Cc1csc(NC(=O)N2CC[C@H](Oc3ccc(OC(F)(F)F)cc3)C2)n1. The number of aryl methyl sites for hydroxylation is 1. The predicted molar refractivity (Wildman–Crippen MR) is 89.6 cm³/mol. The van der Waals surface area contributed by atoms with Crippen LogP contribution in [0.4, 0.5) is 23.1 Å². The number of likely N-dealkylation sites (tertiary alicyclic amines) is 1. The first-order valence-electron chi connectivity index (χ1n) is 7.79. The molecule has 0 aliphatic carbocycles. The van der Waals surface area contributed by atoms with Crippen molar-refractivity contribution in [2.45, 2.75) is 25.8 Å². The van der Waals surface area contributed by atoms with Gasteiger partial charge in [-0.3, -0.25) is 5.32 Å². The van der Waals surface area contributed by atoms with Crippen molar-refractivity contribution in [3.63, 3.8) is 0 Å². The molecule has 0 saturated carbocycles. The highest BCUT2D eigenvalue weighted by Gasteiger charge is 2.31. The molecule has 1 atom stereocenters. The zero-order valence-corrected chi connectivity index (χ0v) is 14.6. The molecule has 10 heteroatoms. The Hall–Kier alpha value is -2.49. The second-order valence-corrected chi connectivity index (χ2v) is 6.58. The van der Waals surface area contributed by atoms with Crippen LogP contribution in [-0.4, -0.2) is 41.5 Å². The Morgan fingerprint density at radius 2 is 2.00 bits per heavy atom. The first-order chi connectivity index (χ1) is 12.3. The zero-order chi connectivity index (χ0) is 18.7. The van der Waals surface area contributed by atoms with Gasteiger partial charge in [-0.1, -0.05) is 0 Å². The molecule has 0 radical (unpaired) electrons. The van der Waals surface area contributed by atoms with E-state index < -0.39 is 6.36 Å². The van der Waals surface area contributed by atoms with E-state index in [-0.39, 0.29) is 17.9 Å². The number of thiazole rings is 1. The first kappa shape index (κ1) is 18.3. The normalized spacial score (nSPS) is 17.2. The Balaban J connectivity index is 1.50. The Kier molecular flexibility index (Phi) is 5.21. The molecule has 1 aliphatic heterocycles. The van der Waals surface area contributed by atoms with Crippen molar-refractivity contribution >= 4 is 22.5 Å². The van der Waals surface area contributed by atoms with Crippen molar-refractivity contribution in [1.82, 2.24) is 9.88 Å². The minimum absolute atomic E-state index is 0.229. The molecule has 1 saturated heterocycles. The van der Waals surface area contributed by atoms with Gasteiger partial charge in [0, 0.05) is 18.3 Å². The lowest BCUT2D eigenvalue weighted by Gasteiger charge is -2.17. The van der Waals surface area contributed by atoms with E-state index in [0.717, 1.165) is 5.69 Å². The average molecular weight is 387 g/mol. The number of aromatic nitrogens is 1. The van der Waals surface area contributed by atoms with Crippen LogP contribution in [0.3, 0.4) is 0 Å². The van der Waals surface area contributed by atoms with Crippen LogP contribution in [0.25, 0.3) is 0 Å². The van der Waals surface area contributed by atoms with Crippen molar-refractivity contribution in [2.75, 3.05) is 18.4 Å². The molecule has 26 heavy (non-hydrogen) atoms. The second kappa shape index (κ2) is 7.40. The van der Waals surface area contributed by atoms with Crippen LogP contribution in [0.2, 0.25) is 0 Å². The minimum Gasteiger partial charge on any atom is -0.489 e. The van der Waals surface area contributed by atoms with Crippen LogP contribution >= 0.6 is 11.3 Å². The van der Waals surface area contributed by atoms with Gasteiger partial charge in [-0.2, -0.15) is 0 Å². The number of carbonyl (C=O) groups is 1. The first-order valence-corrected chi connectivity index (χ1v) is 8.67. The third kappa shape index (κ3) is 5.01. The average Bonchev–Trinajstić information content (AvgIpc) is 3.17. The lowest BCUT2D eigenvalue weighted by molar-refractivity contribution is -0.274. The molecule has 140 valence electrons. The van der Waals surface area contributed by atoms with Crippen molar-refractivity contribution in [1.29, 1.82) is 0 Å². The molecule has 6 nitrogen and oxygen atoms in total. The van der Waals surface area contributed by atoms with Crippen LogP contribution in [0.1, 0.15) is 12.1 Å². The quantitative estimate of drug-likeness (QED) is 0.860. The van der Waals surface area contributed by atoms with Gasteiger partial charge in [-0.05, 0) is 31.2 Å². The molecule has 0 bridgehead atoms. The van der Waals surface area contributed by atoms with E-state index in [1.807, 2.05) is 12.3 Å². The Bertz CT molecular complexity index is 764. The summed E-state index contributed by atoms with van der Waals surface area (Å²) >= 11 is 1.35. The fourth-order valence-corrected chi connectivity index (χ4v) is 3.18. The second-order valence-electron chi connectivity index (χ2n) is 5.72. The summed E-state index contributed by atoms with van der Waals surface area (Å²) in [6, 6.07) is 4.93. The van der Waals surface area contributed by atoms with Gasteiger partial charge in [0.1, 0.15) is 17.6 Å². The highest BCUT2D eigenvalue weighted by molar-refractivity contribution is 7.13. The van der Waals surface area contributed by atoms with Gasteiger partial charge in [0.15, 0.2) is 5.13 Å². The molecule has 2 heterocycles. The van der Waals surface area contributed by atoms with Gasteiger partial charge in [0.25, 0.3) is 0 Å². The molecule has 0 spiro atoms. The molecule has 1 aromatic heterocycles. The number of amides is 2. The Morgan fingerprint density at radius 3 is 2.62 bits per heavy atom. The maximum Gasteiger partial charge on any atom is 0.573 e. The molecular formula is C16H16F3N3O3S. The number of benzene rings is 1. The number of halogens is 3. The van der Waals surface area contributed by atoms with Crippen LogP contribution in [0.15, 0.2) is 29.6 Å². The smallest absolute Gasteiger partial charge is 0.489 e. The van der Waals surface area contributed by atoms with Crippen LogP contribution in [0.5, 0.6) is 11.5 Å². The molecule has 0 unspecified atom stereocenters. The minimum atomic E-state index is -4.72. The highest BCUT2D eigenvalue weighted by atomic mass is 32.1. The number of nitrogens with zero attached hydrogens (tertiary/aromatic N) is 2. The highest BCUT2D eigenvalue weighted by Crippen LogP contribution is 2.26. The predicted octanol–water partition coefficient (Wildman–Crippen LogP) is 4.04. The van der Waals surface area contributed by atoms with Crippen molar-refractivity contribution in [3.8, 4) is 11.5 Å². The van der Waals surface area contributed by atoms with Gasteiger partial charge in [-0.25, -0.2) is 9.78 Å². The fourth-order valence-electron chi connectivity index (χ4n) is 2.50. The Morgan fingerprint density at radius 1 is 1.31 bits per heavy atom. The molecule has 1 aromatic carbocycles. The van der Waals surface area contributed by atoms with E-state index in [9.17, 15) is 18.0 Å². The van der Waals surface area contributed by atoms with Gasteiger partial charge in [0.05, 0.1) is 12.2 Å². The van der Waals surface area contributed by atoms with Crippen molar-refractivity contribution < 1.29 is 27.4 Å². The Labute approximate surface area is 151 Å². The van der Waals surface area contributed by atoms with E-state index in [1.54, 1.807) is 4.90 Å². The lowest BCUT2D eigenvalue weighted by Crippen LogP contribution is -2.34. The molecular weight excluding hydrogens is 371 g/mol. The zero-order valence-electron chi connectivity index (χ0n) is 13.7. The summed E-state index contributed by atoms with van der Waals surface area (Å²) in [5.41, 5.74) is 0.839. The molecule has 1 aliphatic rings. The lowest BCUT2D eigenvalue weighted by atomic mass is 10.3. The number of ether oxygens (including phenoxy) is 2. The number of rotatable bonds is 4. The number of alkyl halides is 3. The molecule has 1 N–H and O–H groups in total. The maximum absolute atomic E-state index is 12.2. The van der Waals surface area contributed by atoms with Crippen molar-refractivity contribution in [3.05, 3.63) is 35.3 Å². The fraction of sp³-hybridized carbons (Fsp3) is 0.375. The van der Waals surface area contributed by atoms with Crippen LogP contribution < -0.4 is 14.8 Å². The monoisotopic (exact) mass is 387 g/mol. The summed E-state index contributed by atoms with van der Waals surface area (Å²) in [5.74, 6) is 0.110. The van der Waals surface area contributed by atoms with Crippen molar-refractivity contribution in [2.24, 2.45) is 0 Å². The number of carbonyl (C=O) groups excluding carboxylic acids is 1. The molecule has 2 aromatic rings. The van der Waals surface area contributed by atoms with Gasteiger partial charge in [0.2, 0.25) is 0 Å². The molecule has 2 amide bonds. The third-order valence-corrected chi connectivity index (χ3v) is 4.50. The van der Waals surface area contributed by atoms with Gasteiger partial charge >= 0.3 is 12.4 Å². The number of nitrogens with one attached hydrogen (secondary N) is 1. The van der Waals surface area contributed by atoms with E-state index >= 15 is 0 Å². The van der Waals surface area contributed by atoms with E-state index in [1.165, 1.54) is 35.6 Å². The van der Waals surface area contributed by atoms with E-state index in [2.05, 4.69) is 15.0 Å². The van der Waals surface area contributed by atoms with Gasteiger partial charge < -0.3 is 14.4 Å². The van der Waals surface area contributed by atoms with E-state index in [0.29, 0.717) is 30.4 Å². The summed E-state index contributed by atoms with van der Waals surface area (Å²) in [5, 5.41) is 5.12. The number of hydrogen-bond acceptors (Lipinski definition) is 5. The standard InChI is InChI=1S/C16H16F3N3O3S/c1-10-9-26-14(20-10)21-15(23)22-7-6-13(8-22)24-11-2-4-12(5-3-11)25-16(17,18)19/h2-5,9,13H,6-8H2,1H3,(H,20,21,23)/t13-/m0/s1. The number of anilines is 1. The summed E-state index contributed by atoms with van der Waals surface area (Å²) < 4.78 is 46.0.